The second-order valence-electron chi connectivity index (χ2n) is 6.11. The Kier molecular flexibility index (Phi) is 2.70. The van der Waals surface area contributed by atoms with Gasteiger partial charge in [-0.25, -0.2) is 0 Å². The fourth-order valence-corrected chi connectivity index (χ4v) is 2.69. The highest BCUT2D eigenvalue weighted by molar-refractivity contribution is 5.15. The molecule has 0 radical (unpaired) electrons. The SMILES string of the molecule is CCC(C)(C)C1C=CC(O)(C2CC2)CC1. The van der Waals surface area contributed by atoms with E-state index in [1.165, 1.54) is 19.3 Å². The summed E-state index contributed by atoms with van der Waals surface area (Å²) >= 11 is 0. The molecule has 2 rings (SSSR count). The molecule has 1 N–H and O–H groups in total. The Morgan fingerprint density at radius 1 is 1.33 bits per heavy atom. The number of aliphatic hydroxyl groups is 1. The third-order valence-corrected chi connectivity index (χ3v) is 4.67. The summed E-state index contributed by atoms with van der Waals surface area (Å²) in [5.41, 5.74) is -0.0539. The first-order chi connectivity index (χ1) is 6.98. The quantitative estimate of drug-likeness (QED) is 0.703. The second kappa shape index (κ2) is 3.62. The van der Waals surface area contributed by atoms with Crippen molar-refractivity contribution in [2.75, 3.05) is 0 Å². The van der Waals surface area contributed by atoms with E-state index in [4.69, 9.17) is 0 Å². The lowest BCUT2D eigenvalue weighted by atomic mass is 9.69. The van der Waals surface area contributed by atoms with Gasteiger partial charge in [-0.2, -0.15) is 0 Å². The smallest absolute Gasteiger partial charge is 0.0856 e. The van der Waals surface area contributed by atoms with E-state index in [2.05, 4.69) is 32.9 Å². The van der Waals surface area contributed by atoms with E-state index in [9.17, 15) is 5.11 Å². The second-order valence-corrected chi connectivity index (χ2v) is 6.11. The Morgan fingerprint density at radius 3 is 2.40 bits per heavy atom. The molecule has 0 spiro atoms. The molecule has 2 aliphatic rings. The van der Waals surface area contributed by atoms with Crippen LogP contribution in [0.3, 0.4) is 0 Å². The van der Waals surface area contributed by atoms with E-state index in [-0.39, 0.29) is 0 Å². The van der Waals surface area contributed by atoms with Crippen LogP contribution in [0.1, 0.15) is 52.9 Å². The van der Waals surface area contributed by atoms with Crippen molar-refractivity contribution < 1.29 is 5.11 Å². The summed E-state index contributed by atoms with van der Waals surface area (Å²) in [5, 5.41) is 10.4. The first-order valence-corrected chi connectivity index (χ1v) is 6.40. The summed E-state index contributed by atoms with van der Waals surface area (Å²) in [7, 11) is 0. The molecule has 0 aromatic carbocycles. The summed E-state index contributed by atoms with van der Waals surface area (Å²) < 4.78 is 0. The van der Waals surface area contributed by atoms with Crippen molar-refractivity contribution >= 4 is 0 Å². The Morgan fingerprint density at radius 2 is 2.00 bits per heavy atom. The fourth-order valence-electron chi connectivity index (χ4n) is 2.69. The van der Waals surface area contributed by atoms with Crippen LogP contribution in [0.4, 0.5) is 0 Å². The van der Waals surface area contributed by atoms with Crippen LogP contribution in [0.15, 0.2) is 12.2 Å². The van der Waals surface area contributed by atoms with Gasteiger partial charge in [0.05, 0.1) is 5.60 Å². The van der Waals surface area contributed by atoms with Crippen LogP contribution >= 0.6 is 0 Å². The van der Waals surface area contributed by atoms with Crippen molar-refractivity contribution in [2.24, 2.45) is 17.3 Å². The van der Waals surface area contributed by atoms with Gasteiger partial charge in [0, 0.05) is 0 Å². The van der Waals surface area contributed by atoms with Crippen LogP contribution in [0.25, 0.3) is 0 Å². The number of hydrogen-bond acceptors (Lipinski definition) is 1. The maximum Gasteiger partial charge on any atom is 0.0856 e. The molecule has 86 valence electrons. The topological polar surface area (TPSA) is 20.2 Å². The first kappa shape index (κ1) is 11.2. The standard InChI is InChI=1S/C14H24O/c1-4-13(2,3)11-7-9-14(15,10-8-11)12-5-6-12/h7,9,11-12,15H,4-6,8,10H2,1-3H3. The van der Waals surface area contributed by atoms with Gasteiger partial charge in [-0.3, -0.25) is 0 Å². The summed E-state index contributed by atoms with van der Waals surface area (Å²) in [6.45, 7) is 6.93. The molecule has 2 atom stereocenters. The van der Waals surface area contributed by atoms with Crippen LogP contribution in [0.2, 0.25) is 0 Å². The van der Waals surface area contributed by atoms with E-state index in [0.717, 1.165) is 12.8 Å². The minimum atomic E-state index is -0.444. The Labute approximate surface area is 93.6 Å². The Hall–Kier alpha value is -0.300. The third-order valence-electron chi connectivity index (χ3n) is 4.67. The summed E-state index contributed by atoms with van der Waals surface area (Å²) in [6.07, 6.45) is 10.2. The molecule has 0 aliphatic heterocycles. The first-order valence-electron chi connectivity index (χ1n) is 6.40. The molecule has 0 bridgehead atoms. The Bertz CT molecular complexity index is 263. The van der Waals surface area contributed by atoms with Crippen LogP contribution < -0.4 is 0 Å². The molecule has 1 fully saturated rings. The highest BCUT2D eigenvalue weighted by Crippen LogP contribution is 2.48. The van der Waals surface area contributed by atoms with E-state index in [0.29, 0.717) is 17.3 Å². The maximum absolute atomic E-state index is 10.4. The zero-order chi connectivity index (χ0) is 11.1. The minimum Gasteiger partial charge on any atom is -0.386 e. The average Bonchev–Trinajstić information content (AvgIpc) is 3.02. The van der Waals surface area contributed by atoms with Crippen molar-refractivity contribution in [1.29, 1.82) is 0 Å². The summed E-state index contributed by atoms with van der Waals surface area (Å²) in [4.78, 5) is 0. The lowest BCUT2D eigenvalue weighted by molar-refractivity contribution is 0.0364. The lowest BCUT2D eigenvalue weighted by Crippen LogP contribution is -2.35. The summed E-state index contributed by atoms with van der Waals surface area (Å²) in [6, 6.07) is 0. The van der Waals surface area contributed by atoms with Gasteiger partial charge in [0.15, 0.2) is 0 Å². The molecular formula is C14H24O. The number of allylic oxidation sites excluding steroid dienone is 1. The van der Waals surface area contributed by atoms with E-state index >= 15 is 0 Å². The van der Waals surface area contributed by atoms with Crippen molar-refractivity contribution in [3.63, 3.8) is 0 Å². The van der Waals surface area contributed by atoms with Gasteiger partial charge in [-0.05, 0) is 42.9 Å². The van der Waals surface area contributed by atoms with E-state index in [1.807, 2.05) is 0 Å². The van der Waals surface area contributed by atoms with Gasteiger partial charge in [0.1, 0.15) is 0 Å². The third kappa shape index (κ3) is 2.13. The molecule has 1 nitrogen and oxygen atoms in total. The van der Waals surface area contributed by atoms with Crippen molar-refractivity contribution in [1.82, 2.24) is 0 Å². The highest BCUT2D eigenvalue weighted by Gasteiger charge is 2.44. The van der Waals surface area contributed by atoms with Crippen molar-refractivity contribution in [3.05, 3.63) is 12.2 Å². The highest BCUT2D eigenvalue weighted by atomic mass is 16.3. The lowest BCUT2D eigenvalue weighted by Gasteiger charge is -2.38. The van der Waals surface area contributed by atoms with Crippen LogP contribution in [-0.4, -0.2) is 10.7 Å². The fraction of sp³-hybridized carbons (Fsp3) is 0.857. The summed E-state index contributed by atoms with van der Waals surface area (Å²) in [5.74, 6) is 1.22. The normalized spacial score (nSPS) is 36.9. The molecule has 0 saturated heterocycles. The van der Waals surface area contributed by atoms with E-state index in [1.54, 1.807) is 0 Å². The van der Waals surface area contributed by atoms with Crippen LogP contribution in [-0.2, 0) is 0 Å². The zero-order valence-electron chi connectivity index (χ0n) is 10.3. The van der Waals surface area contributed by atoms with Gasteiger partial charge >= 0.3 is 0 Å². The average molecular weight is 208 g/mol. The van der Waals surface area contributed by atoms with Crippen LogP contribution in [0, 0.1) is 17.3 Å². The van der Waals surface area contributed by atoms with Gasteiger partial charge < -0.3 is 5.11 Å². The molecular weight excluding hydrogens is 184 g/mol. The predicted molar refractivity (Wildman–Crippen MR) is 63.6 cm³/mol. The predicted octanol–water partition coefficient (Wildman–Crippen LogP) is 3.53. The molecule has 0 heterocycles. The van der Waals surface area contributed by atoms with Gasteiger partial charge in [-0.1, -0.05) is 39.3 Å². The molecule has 15 heavy (non-hydrogen) atoms. The molecule has 0 aromatic heterocycles. The van der Waals surface area contributed by atoms with Crippen molar-refractivity contribution in [3.8, 4) is 0 Å². The molecule has 0 amide bonds. The Balaban J connectivity index is 2.05. The number of hydrogen-bond donors (Lipinski definition) is 1. The van der Waals surface area contributed by atoms with Gasteiger partial charge in [-0.15, -0.1) is 0 Å². The largest absolute Gasteiger partial charge is 0.386 e. The van der Waals surface area contributed by atoms with Gasteiger partial charge in [0.25, 0.3) is 0 Å². The number of rotatable bonds is 3. The molecule has 2 aliphatic carbocycles. The van der Waals surface area contributed by atoms with E-state index < -0.39 is 5.60 Å². The zero-order valence-corrected chi connectivity index (χ0v) is 10.3. The molecule has 2 unspecified atom stereocenters. The minimum absolute atomic E-state index is 0.390. The van der Waals surface area contributed by atoms with Crippen LogP contribution in [0.5, 0.6) is 0 Å². The molecule has 0 aromatic rings. The molecule has 1 saturated carbocycles. The maximum atomic E-state index is 10.4. The molecule has 1 heteroatoms. The van der Waals surface area contributed by atoms with Gasteiger partial charge in [0.2, 0.25) is 0 Å². The monoisotopic (exact) mass is 208 g/mol. The van der Waals surface area contributed by atoms with Crippen molar-refractivity contribution in [2.45, 2.75) is 58.5 Å².